The molecule has 4 heteroatoms. The highest BCUT2D eigenvalue weighted by molar-refractivity contribution is 5.36. The van der Waals surface area contributed by atoms with E-state index >= 15 is 0 Å². The molecule has 3 N–H and O–H groups in total. The van der Waals surface area contributed by atoms with Gasteiger partial charge in [0.1, 0.15) is 0 Å². The van der Waals surface area contributed by atoms with Crippen LogP contribution in [0.5, 0.6) is 0 Å². The van der Waals surface area contributed by atoms with Gasteiger partial charge in [0.25, 0.3) is 0 Å². The van der Waals surface area contributed by atoms with Gasteiger partial charge in [0, 0.05) is 6.04 Å². The fourth-order valence-electron chi connectivity index (χ4n) is 2.19. The number of nitrogen functional groups attached to an aromatic ring is 1. The van der Waals surface area contributed by atoms with Crippen molar-refractivity contribution in [1.82, 2.24) is 9.97 Å². The highest BCUT2D eigenvalue weighted by Crippen LogP contribution is 2.28. The lowest BCUT2D eigenvalue weighted by Gasteiger charge is -2.19. The lowest BCUT2D eigenvalue weighted by molar-refractivity contribution is 0.480. The highest BCUT2D eigenvalue weighted by Gasteiger charge is 2.21. The van der Waals surface area contributed by atoms with Gasteiger partial charge in [-0.2, -0.15) is 0 Å². The minimum Gasteiger partial charge on any atom is -0.396 e. The molecule has 1 aromatic rings. The second-order valence-corrected chi connectivity index (χ2v) is 4.32. The summed E-state index contributed by atoms with van der Waals surface area (Å²) in [6.45, 7) is 2.20. The van der Waals surface area contributed by atoms with Crippen molar-refractivity contribution in [3.63, 3.8) is 0 Å². The van der Waals surface area contributed by atoms with Crippen LogP contribution in [-0.2, 0) is 0 Å². The van der Waals surface area contributed by atoms with Gasteiger partial charge in [-0.1, -0.05) is 12.8 Å². The topological polar surface area (TPSA) is 63.8 Å². The molecule has 1 atom stereocenters. The number of aromatic nitrogens is 2. The Morgan fingerprint density at radius 3 is 2.53 bits per heavy atom. The van der Waals surface area contributed by atoms with Crippen molar-refractivity contribution in [3.8, 4) is 0 Å². The lowest BCUT2D eigenvalue weighted by Crippen LogP contribution is -2.24. The zero-order chi connectivity index (χ0) is 10.7. The van der Waals surface area contributed by atoms with Crippen LogP contribution in [0.3, 0.4) is 0 Å². The molecular formula is C11H18N4. The maximum atomic E-state index is 5.53. The van der Waals surface area contributed by atoms with Crippen molar-refractivity contribution in [3.05, 3.63) is 12.4 Å². The van der Waals surface area contributed by atoms with Crippen LogP contribution in [-0.4, -0.2) is 16.0 Å². The van der Waals surface area contributed by atoms with Crippen molar-refractivity contribution in [2.45, 2.75) is 38.6 Å². The normalized spacial score (nSPS) is 19.0. The molecule has 1 aliphatic carbocycles. The molecule has 0 amide bonds. The summed E-state index contributed by atoms with van der Waals surface area (Å²) in [7, 11) is 0. The van der Waals surface area contributed by atoms with Crippen molar-refractivity contribution < 1.29 is 0 Å². The van der Waals surface area contributed by atoms with Gasteiger partial charge in [-0.05, 0) is 25.7 Å². The zero-order valence-electron chi connectivity index (χ0n) is 9.11. The second kappa shape index (κ2) is 4.47. The van der Waals surface area contributed by atoms with Gasteiger partial charge in [0.05, 0.1) is 18.1 Å². The van der Waals surface area contributed by atoms with Crippen LogP contribution in [0.25, 0.3) is 0 Å². The van der Waals surface area contributed by atoms with Crippen LogP contribution in [0.15, 0.2) is 12.4 Å². The predicted octanol–water partition coefficient (Wildman–Crippen LogP) is 2.05. The molecule has 1 saturated carbocycles. The first-order chi connectivity index (χ1) is 7.25. The van der Waals surface area contributed by atoms with Crippen LogP contribution in [0, 0.1) is 5.92 Å². The third-order valence-electron chi connectivity index (χ3n) is 3.14. The fraction of sp³-hybridized carbons (Fsp3) is 0.636. The van der Waals surface area contributed by atoms with Crippen LogP contribution in [0.2, 0.25) is 0 Å². The van der Waals surface area contributed by atoms with E-state index in [0.29, 0.717) is 17.7 Å². The van der Waals surface area contributed by atoms with Gasteiger partial charge < -0.3 is 11.1 Å². The molecule has 0 radical (unpaired) electrons. The number of nitrogens with two attached hydrogens (primary N) is 1. The van der Waals surface area contributed by atoms with Gasteiger partial charge in [0.2, 0.25) is 5.95 Å². The molecule has 1 aromatic heterocycles. The molecule has 4 nitrogen and oxygen atoms in total. The van der Waals surface area contributed by atoms with Gasteiger partial charge in [-0.25, -0.2) is 9.97 Å². The van der Waals surface area contributed by atoms with Gasteiger partial charge in [-0.3, -0.25) is 0 Å². The largest absolute Gasteiger partial charge is 0.396 e. The average molecular weight is 206 g/mol. The molecule has 0 bridgehead atoms. The first-order valence-electron chi connectivity index (χ1n) is 5.60. The molecule has 1 heterocycles. The number of rotatable bonds is 3. The van der Waals surface area contributed by atoms with Gasteiger partial charge in [-0.15, -0.1) is 0 Å². The Balaban J connectivity index is 1.92. The summed E-state index contributed by atoms with van der Waals surface area (Å²) < 4.78 is 0. The first-order valence-corrected chi connectivity index (χ1v) is 5.60. The van der Waals surface area contributed by atoms with Crippen molar-refractivity contribution in [1.29, 1.82) is 0 Å². The van der Waals surface area contributed by atoms with Crippen LogP contribution in [0.4, 0.5) is 11.6 Å². The lowest BCUT2D eigenvalue weighted by atomic mass is 10.0. The number of hydrogen-bond acceptors (Lipinski definition) is 4. The van der Waals surface area contributed by atoms with Crippen molar-refractivity contribution in [2.75, 3.05) is 11.1 Å². The van der Waals surface area contributed by atoms with E-state index in [1.165, 1.54) is 25.7 Å². The quantitative estimate of drug-likeness (QED) is 0.794. The molecule has 0 aliphatic heterocycles. The van der Waals surface area contributed by atoms with Crippen LogP contribution >= 0.6 is 0 Å². The second-order valence-electron chi connectivity index (χ2n) is 4.32. The standard InChI is InChI=1S/C11H18N4/c1-8(9-4-2-3-5-9)15-11-13-6-10(12)7-14-11/h6-9H,2-5,12H2,1H3,(H,13,14,15). The summed E-state index contributed by atoms with van der Waals surface area (Å²) in [5, 5.41) is 3.33. The van der Waals surface area contributed by atoms with Crippen LogP contribution in [0.1, 0.15) is 32.6 Å². The summed E-state index contributed by atoms with van der Waals surface area (Å²) in [6, 6.07) is 0.455. The van der Waals surface area contributed by atoms with E-state index < -0.39 is 0 Å². The Labute approximate surface area is 90.3 Å². The Kier molecular flexibility index (Phi) is 3.04. The van der Waals surface area contributed by atoms with Gasteiger partial charge in [0.15, 0.2) is 0 Å². The minimum absolute atomic E-state index is 0.455. The van der Waals surface area contributed by atoms with E-state index in [1.54, 1.807) is 12.4 Å². The fourth-order valence-corrected chi connectivity index (χ4v) is 2.19. The minimum atomic E-state index is 0.455. The summed E-state index contributed by atoms with van der Waals surface area (Å²) >= 11 is 0. The van der Waals surface area contributed by atoms with E-state index in [-0.39, 0.29) is 0 Å². The smallest absolute Gasteiger partial charge is 0.222 e. The van der Waals surface area contributed by atoms with E-state index in [4.69, 9.17) is 5.73 Å². The molecule has 1 aliphatic rings. The summed E-state index contributed by atoms with van der Waals surface area (Å²) in [6.07, 6.45) is 8.64. The third kappa shape index (κ3) is 2.58. The third-order valence-corrected chi connectivity index (χ3v) is 3.14. The molecule has 1 unspecified atom stereocenters. The van der Waals surface area contributed by atoms with Crippen molar-refractivity contribution in [2.24, 2.45) is 5.92 Å². The SMILES string of the molecule is CC(Nc1ncc(N)cn1)C1CCCC1. The summed E-state index contributed by atoms with van der Waals surface area (Å²) in [4.78, 5) is 8.28. The molecule has 0 spiro atoms. The summed E-state index contributed by atoms with van der Waals surface area (Å²) in [5.41, 5.74) is 6.13. The molecule has 0 saturated heterocycles. The number of nitrogens with one attached hydrogen (secondary N) is 1. The molecule has 15 heavy (non-hydrogen) atoms. The van der Waals surface area contributed by atoms with Crippen molar-refractivity contribution >= 4 is 11.6 Å². The number of anilines is 2. The first kappa shape index (κ1) is 10.2. The molecule has 1 fully saturated rings. The maximum absolute atomic E-state index is 5.53. The molecular weight excluding hydrogens is 188 g/mol. The zero-order valence-corrected chi connectivity index (χ0v) is 9.11. The summed E-state index contributed by atoms with van der Waals surface area (Å²) in [5.74, 6) is 1.45. The molecule has 82 valence electrons. The average Bonchev–Trinajstić information content (AvgIpc) is 2.74. The molecule has 2 rings (SSSR count). The van der Waals surface area contributed by atoms with E-state index in [1.807, 2.05) is 0 Å². The Bertz CT molecular complexity index is 303. The van der Waals surface area contributed by atoms with E-state index in [0.717, 1.165) is 5.92 Å². The molecule has 0 aromatic carbocycles. The van der Waals surface area contributed by atoms with Crippen LogP contribution < -0.4 is 11.1 Å². The van der Waals surface area contributed by atoms with Gasteiger partial charge >= 0.3 is 0 Å². The highest BCUT2D eigenvalue weighted by atomic mass is 15.1. The maximum Gasteiger partial charge on any atom is 0.222 e. The Morgan fingerprint density at radius 1 is 1.33 bits per heavy atom. The Morgan fingerprint density at radius 2 is 1.93 bits per heavy atom. The van der Waals surface area contributed by atoms with E-state index in [2.05, 4.69) is 22.2 Å². The monoisotopic (exact) mass is 206 g/mol. The Hall–Kier alpha value is -1.32. The number of nitrogens with zero attached hydrogens (tertiary/aromatic N) is 2. The predicted molar refractivity (Wildman–Crippen MR) is 61.5 cm³/mol. The number of hydrogen-bond donors (Lipinski definition) is 2. The van der Waals surface area contributed by atoms with E-state index in [9.17, 15) is 0 Å².